The van der Waals surface area contributed by atoms with Crippen molar-refractivity contribution in [2.75, 3.05) is 52.0 Å². The number of halogens is 1. The Hall–Kier alpha value is -2.33. The van der Waals surface area contributed by atoms with E-state index in [0.29, 0.717) is 24.7 Å². The van der Waals surface area contributed by atoms with E-state index in [4.69, 9.17) is 18.9 Å². The quantitative estimate of drug-likeness (QED) is 0.477. The highest BCUT2D eigenvalue weighted by Gasteiger charge is 2.21. The van der Waals surface area contributed by atoms with E-state index in [-0.39, 0.29) is 5.91 Å². The molecule has 0 bridgehead atoms. The number of carbonyl (C=O) groups excluding carboxylic acids is 1. The van der Waals surface area contributed by atoms with E-state index >= 15 is 0 Å². The van der Waals surface area contributed by atoms with Gasteiger partial charge in [-0.05, 0) is 58.2 Å². The molecule has 0 unspecified atom stereocenters. The van der Waals surface area contributed by atoms with Crippen LogP contribution in [0.2, 0.25) is 0 Å². The SMILES string of the molecule is CCO[C@H](C(=O)NNCc1cc(OC)c(Br)c(OC)c1)c1ccc(N2CCOCC2)cc1. The maximum absolute atomic E-state index is 12.8. The van der Waals surface area contributed by atoms with Gasteiger partial charge < -0.3 is 23.8 Å². The number of hydrogen-bond acceptors (Lipinski definition) is 7. The van der Waals surface area contributed by atoms with Gasteiger partial charge in [0.15, 0.2) is 6.10 Å². The molecule has 174 valence electrons. The zero-order valence-electron chi connectivity index (χ0n) is 18.7. The van der Waals surface area contributed by atoms with Crippen molar-refractivity contribution in [3.8, 4) is 11.5 Å². The van der Waals surface area contributed by atoms with Crippen molar-refractivity contribution < 1.29 is 23.7 Å². The molecule has 1 aliphatic heterocycles. The van der Waals surface area contributed by atoms with Crippen LogP contribution < -0.4 is 25.2 Å². The molecule has 9 heteroatoms. The Kier molecular flexibility index (Phi) is 9.16. The van der Waals surface area contributed by atoms with Crippen LogP contribution in [0.25, 0.3) is 0 Å². The largest absolute Gasteiger partial charge is 0.495 e. The highest BCUT2D eigenvalue weighted by atomic mass is 79.9. The van der Waals surface area contributed by atoms with Crippen molar-refractivity contribution in [3.05, 3.63) is 52.0 Å². The van der Waals surface area contributed by atoms with E-state index in [1.54, 1.807) is 14.2 Å². The van der Waals surface area contributed by atoms with Gasteiger partial charge in [0, 0.05) is 31.9 Å². The third-order valence-corrected chi connectivity index (χ3v) is 5.93. The predicted molar refractivity (Wildman–Crippen MR) is 126 cm³/mol. The lowest BCUT2D eigenvalue weighted by atomic mass is 10.1. The molecule has 8 nitrogen and oxygen atoms in total. The first kappa shape index (κ1) is 24.3. The zero-order valence-corrected chi connectivity index (χ0v) is 20.2. The number of ether oxygens (including phenoxy) is 4. The van der Waals surface area contributed by atoms with E-state index in [1.807, 2.05) is 43.3 Å². The summed E-state index contributed by atoms with van der Waals surface area (Å²) in [6, 6.07) is 11.7. The normalized spacial score (nSPS) is 14.7. The Bertz CT molecular complexity index is 863. The van der Waals surface area contributed by atoms with Crippen molar-refractivity contribution in [3.63, 3.8) is 0 Å². The number of hydrogen-bond donors (Lipinski definition) is 2. The van der Waals surface area contributed by atoms with E-state index < -0.39 is 6.10 Å². The minimum atomic E-state index is -0.708. The Balaban J connectivity index is 1.61. The van der Waals surface area contributed by atoms with Gasteiger partial charge in [-0.2, -0.15) is 0 Å². The number of anilines is 1. The Morgan fingerprint density at radius 1 is 1.12 bits per heavy atom. The van der Waals surface area contributed by atoms with Gasteiger partial charge in [0.1, 0.15) is 16.0 Å². The van der Waals surface area contributed by atoms with Gasteiger partial charge in [-0.3, -0.25) is 10.2 Å². The molecular weight excluding hydrogens is 478 g/mol. The van der Waals surface area contributed by atoms with Gasteiger partial charge in [0.05, 0.1) is 27.4 Å². The minimum absolute atomic E-state index is 0.262. The molecule has 0 aromatic heterocycles. The highest BCUT2D eigenvalue weighted by Crippen LogP contribution is 2.35. The van der Waals surface area contributed by atoms with Crippen LogP contribution in [-0.4, -0.2) is 53.0 Å². The van der Waals surface area contributed by atoms with Gasteiger partial charge in [-0.25, -0.2) is 5.43 Å². The zero-order chi connectivity index (χ0) is 22.9. The summed E-state index contributed by atoms with van der Waals surface area (Å²) in [6.07, 6.45) is -0.708. The van der Waals surface area contributed by atoms with Crippen molar-refractivity contribution in [1.82, 2.24) is 10.9 Å². The molecule has 2 N–H and O–H groups in total. The van der Waals surface area contributed by atoms with Crippen LogP contribution >= 0.6 is 15.9 Å². The molecule has 0 aliphatic carbocycles. The van der Waals surface area contributed by atoms with Crippen LogP contribution in [0, 0.1) is 0 Å². The Morgan fingerprint density at radius 3 is 2.31 bits per heavy atom. The van der Waals surface area contributed by atoms with Crippen molar-refractivity contribution in [2.45, 2.75) is 19.6 Å². The van der Waals surface area contributed by atoms with Gasteiger partial charge in [0.25, 0.3) is 5.91 Å². The first-order valence-corrected chi connectivity index (χ1v) is 11.3. The number of nitrogens with zero attached hydrogens (tertiary/aromatic N) is 1. The van der Waals surface area contributed by atoms with Gasteiger partial charge in [-0.15, -0.1) is 0 Å². The molecule has 0 spiro atoms. The lowest BCUT2D eigenvalue weighted by molar-refractivity contribution is -0.134. The molecule has 1 amide bonds. The first-order chi connectivity index (χ1) is 15.6. The molecule has 1 heterocycles. The number of amides is 1. The molecule has 2 aromatic rings. The highest BCUT2D eigenvalue weighted by molar-refractivity contribution is 9.10. The van der Waals surface area contributed by atoms with E-state index in [0.717, 1.165) is 47.6 Å². The fraction of sp³-hybridized carbons (Fsp3) is 0.435. The van der Waals surface area contributed by atoms with Crippen LogP contribution in [0.1, 0.15) is 24.2 Å². The second-order valence-electron chi connectivity index (χ2n) is 7.18. The average Bonchev–Trinajstić information content (AvgIpc) is 2.84. The second kappa shape index (κ2) is 12.1. The van der Waals surface area contributed by atoms with Crippen LogP contribution in [0.3, 0.4) is 0 Å². The van der Waals surface area contributed by atoms with E-state index in [9.17, 15) is 4.79 Å². The van der Waals surface area contributed by atoms with Crippen molar-refractivity contribution >= 4 is 27.5 Å². The van der Waals surface area contributed by atoms with Crippen LogP contribution in [-0.2, 0) is 20.8 Å². The maximum atomic E-state index is 12.8. The van der Waals surface area contributed by atoms with Gasteiger partial charge in [-0.1, -0.05) is 12.1 Å². The summed E-state index contributed by atoms with van der Waals surface area (Å²) in [7, 11) is 3.19. The molecule has 1 fully saturated rings. The van der Waals surface area contributed by atoms with Crippen LogP contribution in [0.15, 0.2) is 40.9 Å². The molecule has 0 radical (unpaired) electrons. The summed E-state index contributed by atoms with van der Waals surface area (Å²) in [4.78, 5) is 15.1. The monoisotopic (exact) mass is 507 g/mol. The molecule has 32 heavy (non-hydrogen) atoms. The smallest absolute Gasteiger partial charge is 0.267 e. The van der Waals surface area contributed by atoms with Crippen LogP contribution in [0.5, 0.6) is 11.5 Å². The van der Waals surface area contributed by atoms with Crippen LogP contribution in [0.4, 0.5) is 5.69 Å². The van der Waals surface area contributed by atoms with Crippen molar-refractivity contribution in [2.24, 2.45) is 0 Å². The summed E-state index contributed by atoms with van der Waals surface area (Å²) in [5.41, 5.74) is 8.52. The maximum Gasteiger partial charge on any atom is 0.267 e. The molecule has 1 saturated heterocycles. The topological polar surface area (TPSA) is 81.3 Å². The summed E-state index contributed by atoms with van der Waals surface area (Å²) in [6.45, 7) is 5.87. The number of morpholine rings is 1. The summed E-state index contributed by atoms with van der Waals surface area (Å²) in [5, 5.41) is 0. The summed E-state index contributed by atoms with van der Waals surface area (Å²) in [5.74, 6) is 1.04. The van der Waals surface area contributed by atoms with Gasteiger partial charge >= 0.3 is 0 Å². The number of benzene rings is 2. The third-order valence-electron chi connectivity index (χ3n) is 5.15. The number of rotatable bonds is 10. The molecule has 2 aromatic carbocycles. The second-order valence-corrected chi connectivity index (χ2v) is 7.98. The molecule has 3 rings (SSSR count). The molecule has 0 saturated carbocycles. The standard InChI is InChI=1S/C23H30BrN3O5/c1-4-32-22(17-5-7-18(8-6-17)27-9-11-31-12-10-27)23(28)26-25-15-16-13-19(29-2)21(24)20(14-16)30-3/h5-8,13-14,22,25H,4,9-12,15H2,1-3H3,(H,26,28)/t22-/m0/s1. The number of methoxy groups -OCH3 is 2. The molecule has 1 aliphatic rings. The molecule has 1 atom stereocenters. The molecular formula is C23H30BrN3O5. The fourth-order valence-electron chi connectivity index (χ4n) is 3.50. The number of hydrazine groups is 1. The average molecular weight is 508 g/mol. The Morgan fingerprint density at radius 2 is 1.75 bits per heavy atom. The minimum Gasteiger partial charge on any atom is -0.495 e. The van der Waals surface area contributed by atoms with E-state index in [2.05, 4.69) is 31.7 Å². The summed E-state index contributed by atoms with van der Waals surface area (Å²) < 4.78 is 22.6. The lowest BCUT2D eigenvalue weighted by Gasteiger charge is -2.29. The lowest BCUT2D eigenvalue weighted by Crippen LogP contribution is -2.40. The predicted octanol–water partition coefficient (Wildman–Crippen LogP) is 3.20. The summed E-state index contributed by atoms with van der Waals surface area (Å²) >= 11 is 3.45. The fourth-order valence-corrected chi connectivity index (χ4v) is 4.05. The van der Waals surface area contributed by atoms with Gasteiger partial charge in [0.2, 0.25) is 0 Å². The first-order valence-electron chi connectivity index (χ1n) is 10.5. The number of nitrogens with one attached hydrogen (secondary N) is 2. The number of carbonyl (C=O) groups is 1. The Labute approximate surface area is 197 Å². The van der Waals surface area contributed by atoms with E-state index in [1.165, 1.54) is 0 Å². The third kappa shape index (κ3) is 6.13. The van der Waals surface area contributed by atoms with Crippen molar-refractivity contribution in [1.29, 1.82) is 0 Å².